The molecule has 0 aromatic carbocycles. The smallest absolute Gasteiger partial charge is 0.449 e. The van der Waals surface area contributed by atoms with Gasteiger partial charge < -0.3 is 17.7 Å². The van der Waals surface area contributed by atoms with Crippen LogP contribution in [0.5, 0.6) is 0 Å². The minimum Gasteiger partial charge on any atom is -0.449 e. The van der Waals surface area contributed by atoms with E-state index in [1.165, 1.54) is 0 Å². The predicted molar refractivity (Wildman–Crippen MR) is 49.2 cm³/mol. The third-order valence-electron chi connectivity index (χ3n) is 3.66. The lowest BCUT2D eigenvalue weighted by molar-refractivity contribution is -0.0261. The topological polar surface area (TPSA) is 9.23 Å². The summed E-state index contributed by atoms with van der Waals surface area (Å²) in [5, 5.41) is 0. The lowest BCUT2D eigenvalue weighted by Gasteiger charge is -2.40. The normalized spacial score (nSPS) is 39.2. The minimum atomic E-state index is -4.62. The van der Waals surface area contributed by atoms with Crippen LogP contribution in [-0.2, 0) is 4.74 Å². The molecular formula is C9H15BF3O-. The highest BCUT2D eigenvalue weighted by molar-refractivity contribution is 6.60. The molecule has 2 fully saturated rings. The van der Waals surface area contributed by atoms with Crippen LogP contribution in [0.1, 0.15) is 38.5 Å². The van der Waals surface area contributed by atoms with Crippen molar-refractivity contribution in [3.05, 3.63) is 0 Å². The second-order valence-electron chi connectivity index (χ2n) is 4.60. The van der Waals surface area contributed by atoms with E-state index in [0.717, 1.165) is 19.4 Å². The van der Waals surface area contributed by atoms with Crippen LogP contribution in [0.4, 0.5) is 12.9 Å². The summed E-state index contributed by atoms with van der Waals surface area (Å²) in [5.41, 5.74) is -0.169. The average molecular weight is 207 g/mol. The predicted octanol–water partition coefficient (Wildman–Crippen LogP) is 3.33. The quantitative estimate of drug-likeness (QED) is 0.599. The molecule has 14 heavy (non-hydrogen) atoms. The van der Waals surface area contributed by atoms with Crippen molar-refractivity contribution in [3.8, 4) is 0 Å². The number of halogens is 3. The van der Waals surface area contributed by atoms with Gasteiger partial charge in [-0.15, -0.1) is 0 Å². The molecule has 0 radical (unpaired) electrons. The molecule has 82 valence electrons. The standard InChI is InChI=1S/C9H15BF3O/c11-10(12,13)8-2-5-9(6-3-8)4-1-7-14-9/h8H,1-7H2/q-1. The first-order chi connectivity index (χ1) is 6.52. The summed E-state index contributed by atoms with van der Waals surface area (Å²) >= 11 is 0. The van der Waals surface area contributed by atoms with Gasteiger partial charge in [0.2, 0.25) is 0 Å². The van der Waals surface area contributed by atoms with Crippen LogP contribution in [0.3, 0.4) is 0 Å². The highest BCUT2D eigenvalue weighted by Crippen LogP contribution is 2.47. The zero-order valence-corrected chi connectivity index (χ0v) is 8.15. The van der Waals surface area contributed by atoms with Crippen molar-refractivity contribution in [3.63, 3.8) is 0 Å². The first kappa shape index (κ1) is 10.3. The van der Waals surface area contributed by atoms with Gasteiger partial charge in [-0.25, -0.2) is 0 Å². The van der Waals surface area contributed by atoms with E-state index in [-0.39, 0.29) is 18.4 Å². The maximum absolute atomic E-state index is 12.4. The molecule has 0 bridgehead atoms. The average Bonchev–Trinajstić information content (AvgIpc) is 2.53. The molecule has 2 rings (SSSR count). The fraction of sp³-hybridized carbons (Fsp3) is 1.00. The molecule has 0 unspecified atom stereocenters. The van der Waals surface area contributed by atoms with Gasteiger partial charge in [0.1, 0.15) is 0 Å². The Balaban J connectivity index is 1.92. The van der Waals surface area contributed by atoms with Crippen molar-refractivity contribution < 1.29 is 17.7 Å². The summed E-state index contributed by atoms with van der Waals surface area (Å²) in [6.07, 6.45) is 3.76. The zero-order valence-electron chi connectivity index (χ0n) is 8.15. The third-order valence-corrected chi connectivity index (χ3v) is 3.66. The minimum absolute atomic E-state index is 0.169. The van der Waals surface area contributed by atoms with Gasteiger partial charge in [-0.3, -0.25) is 0 Å². The van der Waals surface area contributed by atoms with Gasteiger partial charge in [0, 0.05) is 6.61 Å². The number of ether oxygens (including phenoxy) is 1. The molecule has 0 aromatic heterocycles. The molecule has 1 aliphatic heterocycles. The molecule has 0 atom stereocenters. The van der Waals surface area contributed by atoms with Crippen LogP contribution in [0.25, 0.3) is 0 Å². The number of hydrogen-bond donors (Lipinski definition) is 0. The summed E-state index contributed by atoms with van der Waals surface area (Å²) in [7, 11) is 0. The highest BCUT2D eigenvalue weighted by atomic mass is 19.4. The maximum Gasteiger partial charge on any atom is 0.481 e. The van der Waals surface area contributed by atoms with Crippen molar-refractivity contribution in [2.75, 3.05) is 6.61 Å². The van der Waals surface area contributed by atoms with Crippen LogP contribution >= 0.6 is 0 Å². The molecule has 1 spiro atoms. The van der Waals surface area contributed by atoms with Crippen molar-refractivity contribution in [2.24, 2.45) is 0 Å². The van der Waals surface area contributed by atoms with Crippen LogP contribution in [0.15, 0.2) is 0 Å². The van der Waals surface area contributed by atoms with Crippen molar-refractivity contribution in [1.29, 1.82) is 0 Å². The van der Waals surface area contributed by atoms with E-state index in [2.05, 4.69) is 0 Å². The lowest BCUT2D eigenvalue weighted by atomic mass is 9.62. The second-order valence-corrected chi connectivity index (χ2v) is 4.60. The maximum atomic E-state index is 12.4. The van der Waals surface area contributed by atoms with Crippen molar-refractivity contribution >= 4 is 6.98 Å². The molecule has 5 heteroatoms. The molecule has 0 aromatic rings. The first-order valence-corrected chi connectivity index (χ1v) is 5.36. The lowest BCUT2D eigenvalue weighted by Crippen LogP contribution is -2.37. The molecular weight excluding hydrogens is 192 g/mol. The summed E-state index contributed by atoms with van der Waals surface area (Å²) in [6, 6.07) is 0. The zero-order chi connectivity index (χ0) is 10.2. The summed E-state index contributed by atoms with van der Waals surface area (Å²) < 4.78 is 42.9. The van der Waals surface area contributed by atoms with E-state index in [4.69, 9.17) is 4.74 Å². The summed E-state index contributed by atoms with van der Waals surface area (Å²) in [5.74, 6) is -1.02. The van der Waals surface area contributed by atoms with E-state index >= 15 is 0 Å². The third kappa shape index (κ3) is 1.92. The van der Waals surface area contributed by atoms with E-state index < -0.39 is 12.8 Å². The van der Waals surface area contributed by atoms with Crippen LogP contribution in [0.2, 0.25) is 5.82 Å². The highest BCUT2D eigenvalue weighted by Gasteiger charge is 2.44. The van der Waals surface area contributed by atoms with Crippen LogP contribution in [0, 0.1) is 0 Å². The Kier molecular flexibility index (Phi) is 2.54. The Morgan fingerprint density at radius 3 is 2.14 bits per heavy atom. The largest absolute Gasteiger partial charge is 0.481 e. The number of rotatable bonds is 1. The molecule has 1 nitrogen and oxygen atoms in total. The van der Waals surface area contributed by atoms with Gasteiger partial charge in [0.15, 0.2) is 0 Å². The Bertz CT molecular complexity index is 201. The first-order valence-electron chi connectivity index (χ1n) is 5.36. The molecule has 0 N–H and O–H groups in total. The van der Waals surface area contributed by atoms with Gasteiger partial charge in [0.05, 0.1) is 5.60 Å². The molecule has 1 saturated carbocycles. The monoisotopic (exact) mass is 207 g/mol. The molecule has 1 saturated heterocycles. The van der Waals surface area contributed by atoms with Crippen molar-refractivity contribution in [1.82, 2.24) is 0 Å². The van der Waals surface area contributed by atoms with Crippen molar-refractivity contribution in [2.45, 2.75) is 49.9 Å². The molecule has 2 aliphatic rings. The Labute approximate surface area is 82.1 Å². The van der Waals surface area contributed by atoms with E-state index in [1.807, 2.05) is 0 Å². The number of hydrogen-bond acceptors (Lipinski definition) is 1. The van der Waals surface area contributed by atoms with Crippen LogP contribution < -0.4 is 0 Å². The second kappa shape index (κ2) is 3.44. The van der Waals surface area contributed by atoms with Gasteiger partial charge in [-0.05, 0) is 25.7 Å². The van der Waals surface area contributed by atoms with E-state index in [1.54, 1.807) is 0 Å². The molecule has 1 heterocycles. The summed E-state index contributed by atoms with van der Waals surface area (Å²) in [4.78, 5) is 0. The Morgan fingerprint density at radius 2 is 1.71 bits per heavy atom. The SMILES string of the molecule is F[B-](F)(F)C1CCC2(CCCO2)CC1. The summed E-state index contributed by atoms with van der Waals surface area (Å²) in [6.45, 7) is -3.88. The van der Waals surface area contributed by atoms with Crippen LogP contribution in [-0.4, -0.2) is 19.2 Å². The Morgan fingerprint density at radius 1 is 1.07 bits per heavy atom. The van der Waals surface area contributed by atoms with E-state index in [9.17, 15) is 12.9 Å². The fourth-order valence-corrected chi connectivity index (χ4v) is 2.69. The fourth-order valence-electron chi connectivity index (χ4n) is 2.69. The molecule has 0 amide bonds. The molecule has 1 aliphatic carbocycles. The van der Waals surface area contributed by atoms with E-state index in [0.29, 0.717) is 12.8 Å². The van der Waals surface area contributed by atoms with Gasteiger partial charge in [-0.2, -0.15) is 0 Å². The van der Waals surface area contributed by atoms with Gasteiger partial charge >= 0.3 is 6.98 Å². The van der Waals surface area contributed by atoms with Gasteiger partial charge in [-0.1, -0.05) is 18.7 Å². The Hall–Kier alpha value is -0.185. The van der Waals surface area contributed by atoms with Gasteiger partial charge in [0.25, 0.3) is 0 Å².